The number of aromatic amines is 1. The number of hydrogen-bond acceptors (Lipinski definition) is 9. The monoisotopic (exact) mass is 666 g/mol. The molecule has 46 heavy (non-hydrogen) atoms. The number of ether oxygens (including phenoxy) is 2. The van der Waals surface area contributed by atoms with Crippen LogP contribution in [0.25, 0.3) is 22.4 Å². The number of carbonyl (C=O) groups is 2. The van der Waals surface area contributed by atoms with Crippen molar-refractivity contribution in [1.82, 2.24) is 25.6 Å². The Bertz CT molecular complexity index is 1680. The number of halogens is 2. The maximum absolute atomic E-state index is 13.3. The van der Waals surface area contributed by atoms with Crippen LogP contribution in [0.15, 0.2) is 60.9 Å². The highest BCUT2D eigenvalue weighted by Crippen LogP contribution is 2.34. The summed E-state index contributed by atoms with van der Waals surface area (Å²) in [6.07, 6.45) is 3.48. The predicted molar refractivity (Wildman–Crippen MR) is 178 cm³/mol. The van der Waals surface area contributed by atoms with E-state index in [-0.39, 0.29) is 31.5 Å². The minimum Gasteiger partial charge on any atom is -0.383 e. The van der Waals surface area contributed by atoms with Crippen molar-refractivity contribution in [3.8, 4) is 22.4 Å². The third kappa shape index (κ3) is 7.84. The van der Waals surface area contributed by atoms with Gasteiger partial charge >= 0.3 is 0 Å². The first-order valence-electron chi connectivity index (χ1n) is 14.7. The van der Waals surface area contributed by atoms with Crippen LogP contribution in [-0.4, -0.2) is 79.4 Å². The summed E-state index contributed by atoms with van der Waals surface area (Å²) in [5.74, 6) is -0.154. The minimum absolute atomic E-state index is 0.0966. The van der Waals surface area contributed by atoms with E-state index < -0.39 is 12.1 Å². The number of benzene rings is 2. The number of carbonyl (C=O) groups excluding carboxylic acids is 2. The first-order chi connectivity index (χ1) is 22.3. The van der Waals surface area contributed by atoms with E-state index in [9.17, 15) is 9.59 Å². The van der Waals surface area contributed by atoms with Crippen molar-refractivity contribution >= 4 is 41.0 Å². The second-order valence-electron chi connectivity index (χ2n) is 10.7. The molecule has 5 rings (SSSR count). The third-order valence-corrected chi connectivity index (χ3v) is 8.30. The van der Waals surface area contributed by atoms with Crippen molar-refractivity contribution in [1.29, 1.82) is 0 Å². The Kier molecular flexibility index (Phi) is 11.2. The van der Waals surface area contributed by atoms with Crippen LogP contribution in [0.1, 0.15) is 27.7 Å². The fourth-order valence-corrected chi connectivity index (χ4v) is 5.54. The van der Waals surface area contributed by atoms with Crippen molar-refractivity contribution < 1.29 is 19.1 Å². The SMILES string of the molecule is COCC(N)C(=O)NCc1cc(-c2cnc(N3CCOCC3)nc2-c2c[nH]c(C(=O)NC(CN)c3ccccc3Cl)c2)ccc1Cl. The van der Waals surface area contributed by atoms with E-state index in [1.807, 2.05) is 30.3 Å². The van der Waals surface area contributed by atoms with E-state index in [1.165, 1.54) is 7.11 Å². The van der Waals surface area contributed by atoms with Crippen LogP contribution in [0.5, 0.6) is 0 Å². The summed E-state index contributed by atoms with van der Waals surface area (Å²) in [4.78, 5) is 40.5. The highest BCUT2D eigenvalue weighted by molar-refractivity contribution is 6.31. The van der Waals surface area contributed by atoms with Gasteiger partial charge in [-0.1, -0.05) is 47.5 Å². The molecule has 1 saturated heterocycles. The zero-order chi connectivity index (χ0) is 32.6. The maximum atomic E-state index is 13.3. The highest BCUT2D eigenvalue weighted by Gasteiger charge is 2.22. The molecule has 2 unspecified atom stereocenters. The Morgan fingerprint density at radius 2 is 1.89 bits per heavy atom. The lowest BCUT2D eigenvalue weighted by Crippen LogP contribution is -2.43. The van der Waals surface area contributed by atoms with Crippen molar-refractivity contribution in [2.24, 2.45) is 11.5 Å². The van der Waals surface area contributed by atoms with Crippen LogP contribution in [0.4, 0.5) is 5.95 Å². The second kappa shape index (κ2) is 15.5. The van der Waals surface area contributed by atoms with Crippen LogP contribution >= 0.6 is 23.2 Å². The summed E-state index contributed by atoms with van der Waals surface area (Å²) in [6, 6.07) is 13.2. The molecule has 2 amide bonds. The molecule has 12 nitrogen and oxygen atoms in total. The molecule has 2 atom stereocenters. The smallest absolute Gasteiger partial charge is 0.268 e. The van der Waals surface area contributed by atoms with Crippen LogP contribution in [0.3, 0.4) is 0 Å². The molecule has 3 heterocycles. The van der Waals surface area contributed by atoms with Gasteiger partial charge in [-0.2, -0.15) is 0 Å². The standard InChI is InChI=1S/C32H36Cl2N8O4/c1-45-18-26(36)30(43)38-15-20-12-19(6-7-24(20)33)23-17-39-32(42-8-10-46-11-9-42)41-29(23)21-13-27(37-16-21)31(44)40-28(14-35)22-4-2-3-5-25(22)34/h2-7,12-13,16-17,26,28,37H,8-11,14-15,18,35-36H2,1H3,(H,38,43)(H,40,44). The van der Waals surface area contributed by atoms with Crippen LogP contribution < -0.4 is 27.0 Å². The van der Waals surface area contributed by atoms with Gasteiger partial charge in [-0.25, -0.2) is 9.97 Å². The third-order valence-electron chi connectivity index (χ3n) is 7.59. The minimum atomic E-state index is -0.801. The Labute approximate surface area is 276 Å². The number of amides is 2. The number of nitrogens with two attached hydrogens (primary N) is 2. The molecule has 1 aliphatic rings. The number of aromatic nitrogens is 3. The fraction of sp³-hybridized carbons (Fsp3) is 0.312. The molecule has 242 valence electrons. The van der Waals surface area contributed by atoms with Gasteiger partial charge in [0.05, 0.1) is 31.6 Å². The lowest BCUT2D eigenvalue weighted by molar-refractivity contribution is -0.123. The number of methoxy groups -OCH3 is 1. The Morgan fingerprint density at radius 3 is 2.63 bits per heavy atom. The topological polar surface area (TPSA) is 174 Å². The maximum Gasteiger partial charge on any atom is 0.268 e. The molecule has 0 bridgehead atoms. The van der Waals surface area contributed by atoms with Gasteiger partial charge in [-0.15, -0.1) is 0 Å². The normalized spacial score (nSPS) is 14.5. The number of rotatable bonds is 12. The number of nitrogens with one attached hydrogen (secondary N) is 3. The molecule has 2 aromatic carbocycles. The van der Waals surface area contributed by atoms with Crippen molar-refractivity contribution in [3.63, 3.8) is 0 Å². The molecular weight excluding hydrogens is 631 g/mol. The predicted octanol–water partition coefficient (Wildman–Crippen LogP) is 3.30. The van der Waals surface area contributed by atoms with Gasteiger partial charge in [0.25, 0.3) is 5.91 Å². The van der Waals surface area contributed by atoms with Gasteiger partial charge in [0, 0.05) is 66.9 Å². The Morgan fingerprint density at radius 1 is 1.11 bits per heavy atom. The van der Waals surface area contributed by atoms with Gasteiger partial charge in [0.2, 0.25) is 11.9 Å². The van der Waals surface area contributed by atoms with E-state index in [0.29, 0.717) is 70.4 Å². The van der Waals surface area contributed by atoms with Crippen LogP contribution in [0.2, 0.25) is 10.0 Å². The highest BCUT2D eigenvalue weighted by atomic mass is 35.5. The largest absolute Gasteiger partial charge is 0.383 e. The molecule has 0 saturated carbocycles. The van der Waals surface area contributed by atoms with E-state index in [4.69, 9.17) is 49.1 Å². The summed E-state index contributed by atoms with van der Waals surface area (Å²) < 4.78 is 10.5. The van der Waals surface area contributed by atoms with Crippen LogP contribution in [0, 0.1) is 0 Å². The number of hydrogen-bond donors (Lipinski definition) is 5. The Balaban J connectivity index is 1.46. The molecule has 4 aromatic rings. The zero-order valence-electron chi connectivity index (χ0n) is 25.3. The summed E-state index contributed by atoms with van der Waals surface area (Å²) >= 11 is 12.9. The molecule has 14 heteroatoms. The average molecular weight is 668 g/mol. The summed E-state index contributed by atoms with van der Waals surface area (Å²) in [5.41, 5.74) is 16.4. The van der Waals surface area contributed by atoms with Gasteiger partial charge in [-0.05, 0) is 41.0 Å². The summed E-state index contributed by atoms with van der Waals surface area (Å²) in [5, 5.41) is 6.77. The number of H-pyrrole nitrogens is 1. The fourth-order valence-electron chi connectivity index (χ4n) is 5.09. The second-order valence-corrected chi connectivity index (χ2v) is 11.5. The van der Waals surface area contributed by atoms with Crippen molar-refractivity contribution in [3.05, 3.63) is 87.8 Å². The van der Waals surface area contributed by atoms with E-state index in [2.05, 4.69) is 25.5 Å². The molecule has 1 aliphatic heterocycles. The summed E-state index contributed by atoms with van der Waals surface area (Å²) in [6.45, 7) is 2.87. The number of morpholine rings is 1. The molecule has 2 aromatic heterocycles. The van der Waals surface area contributed by atoms with Crippen molar-refractivity contribution in [2.45, 2.75) is 18.6 Å². The van der Waals surface area contributed by atoms with E-state index in [0.717, 1.165) is 11.1 Å². The lowest BCUT2D eigenvalue weighted by atomic mass is 10.00. The lowest BCUT2D eigenvalue weighted by Gasteiger charge is -2.27. The number of anilines is 1. The first-order valence-corrected chi connectivity index (χ1v) is 15.5. The van der Waals surface area contributed by atoms with E-state index >= 15 is 0 Å². The first kappa shape index (κ1) is 33.3. The van der Waals surface area contributed by atoms with Gasteiger partial charge in [0.1, 0.15) is 11.7 Å². The molecular formula is C32H36Cl2N8O4. The van der Waals surface area contributed by atoms with Gasteiger partial charge in [-0.3, -0.25) is 9.59 Å². The van der Waals surface area contributed by atoms with Gasteiger partial charge in [0.15, 0.2) is 0 Å². The number of nitrogens with zero attached hydrogens (tertiary/aromatic N) is 3. The molecule has 1 fully saturated rings. The van der Waals surface area contributed by atoms with Crippen LogP contribution in [-0.2, 0) is 20.8 Å². The summed E-state index contributed by atoms with van der Waals surface area (Å²) in [7, 11) is 1.48. The zero-order valence-corrected chi connectivity index (χ0v) is 26.8. The quantitative estimate of drug-likeness (QED) is 0.152. The van der Waals surface area contributed by atoms with Crippen molar-refractivity contribution in [2.75, 3.05) is 51.5 Å². The molecule has 0 radical (unpaired) electrons. The van der Waals surface area contributed by atoms with Gasteiger partial charge < -0.3 is 41.5 Å². The molecule has 0 spiro atoms. The molecule has 7 N–H and O–H groups in total. The van der Waals surface area contributed by atoms with E-state index in [1.54, 1.807) is 30.6 Å². The Hall–Kier alpha value is -4.04. The molecule has 0 aliphatic carbocycles. The average Bonchev–Trinajstić information content (AvgIpc) is 3.58.